The first-order valence-electron chi connectivity index (χ1n) is 14.5. The highest BCUT2D eigenvalue weighted by Gasteiger charge is 2.28. The first-order valence-corrected chi connectivity index (χ1v) is 16.8. The van der Waals surface area contributed by atoms with Gasteiger partial charge in [-0.3, -0.25) is 23.6 Å². The fraction of sp³-hybridized carbons (Fsp3) is 0.147. The lowest BCUT2D eigenvalue weighted by molar-refractivity contribution is 0.0742. The molecule has 13 heteroatoms. The summed E-state index contributed by atoms with van der Waals surface area (Å²) < 4.78 is 34.7. The molecule has 1 amide bonds. The standard InChI is InChI=1S/C34H30Cl2N6O4S/c1-21(23-14-16-25(17-15-23)41-20-37-28-12-8-9-13-29(28)41)39(3)33(43)24-18-27(35)31(36)30(19-24)47(45,46)38-32-22(2)40(4)42(34(32)44)26-10-6-5-7-11-26/h5-21,38H,1-4H3. The normalized spacial score (nSPS) is 12.3. The average Bonchev–Trinajstić information content (AvgIpc) is 3.59. The number of nitrogens with one attached hydrogen (secondary N) is 1. The molecule has 1 N–H and O–H groups in total. The van der Waals surface area contributed by atoms with Crippen molar-refractivity contribution in [1.29, 1.82) is 0 Å². The van der Waals surface area contributed by atoms with E-state index in [1.165, 1.54) is 21.7 Å². The highest BCUT2D eigenvalue weighted by atomic mass is 35.5. The Labute approximate surface area is 281 Å². The minimum atomic E-state index is -4.46. The Kier molecular flexibility index (Phi) is 8.47. The molecule has 2 heterocycles. The van der Waals surface area contributed by atoms with Crippen LogP contribution in [0.25, 0.3) is 22.4 Å². The van der Waals surface area contributed by atoms with Crippen molar-refractivity contribution in [1.82, 2.24) is 23.8 Å². The topological polar surface area (TPSA) is 111 Å². The number of fused-ring (bicyclic) bond motifs is 1. The zero-order valence-corrected chi connectivity index (χ0v) is 28.2. The lowest BCUT2D eigenvalue weighted by atomic mass is 10.1. The first kappa shape index (κ1) is 32.1. The third-order valence-electron chi connectivity index (χ3n) is 8.33. The van der Waals surface area contributed by atoms with Crippen LogP contribution in [0, 0.1) is 6.92 Å². The fourth-order valence-electron chi connectivity index (χ4n) is 5.44. The van der Waals surface area contributed by atoms with E-state index >= 15 is 0 Å². The smallest absolute Gasteiger partial charge is 0.296 e. The molecule has 1 atom stereocenters. The molecule has 0 aliphatic rings. The van der Waals surface area contributed by atoms with Crippen LogP contribution in [0.5, 0.6) is 0 Å². The van der Waals surface area contributed by atoms with Crippen molar-refractivity contribution in [3.05, 3.63) is 135 Å². The van der Waals surface area contributed by atoms with Crippen LogP contribution < -0.4 is 10.3 Å². The van der Waals surface area contributed by atoms with E-state index in [4.69, 9.17) is 23.2 Å². The maximum absolute atomic E-state index is 13.7. The number of imidazole rings is 1. The maximum atomic E-state index is 13.7. The summed E-state index contributed by atoms with van der Waals surface area (Å²) in [7, 11) is -1.19. The monoisotopic (exact) mass is 688 g/mol. The number of carbonyl (C=O) groups is 1. The molecule has 0 saturated carbocycles. The Balaban J connectivity index is 1.27. The molecular formula is C34H30Cl2N6O4S. The summed E-state index contributed by atoms with van der Waals surface area (Å²) in [6.45, 7) is 3.49. The molecule has 0 fully saturated rings. The van der Waals surface area contributed by atoms with Gasteiger partial charge in [0.15, 0.2) is 0 Å². The number of sulfonamides is 1. The molecule has 0 spiro atoms. The average molecular weight is 690 g/mol. The van der Waals surface area contributed by atoms with Crippen LogP contribution in [-0.4, -0.2) is 45.2 Å². The SMILES string of the molecule is Cc1c(NS(=O)(=O)c2cc(C(=O)N(C)C(C)c3ccc(-n4cnc5ccccc54)cc3)cc(Cl)c2Cl)c(=O)n(-c2ccccc2)n1C. The fourth-order valence-corrected chi connectivity index (χ4v) is 7.37. The van der Waals surface area contributed by atoms with Gasteiger partial charge in [-0.2, -0.15) is 0 Å². The predicted molar refractivity (Wildman–Crippen MR) is 185 cm³/mol. The number of halogens is 2. The summed E-state index contributed by atoms with van der Waals surface area (Å²) in [5.74, 6) is -0.473. The second-order valence-electron chi connectivity index (χ2n) is 11.1. The van der Waals surface area contributed by atoms with E-state index in [0.29, 0.717) is 11.4 Å². The molecule has 6 rings (SSSR count). The van der Waals surface area contributed by atoms with E-state index in [1.54, 1.807) is 56.3 Å². The van der Waals surface area contributed by atoms with Crippen molar-refractivity contribution in [3.8, 4) is 11.4 Å². The van der Waals surface area contributed by atoms with Crippen LogP contribution in [0.2, 0.25) is 10.0 Å². The van der Waals surface area contributed by atoms with Crippen molar-refractivity contribution < 1.29 is 13.2 Å². The summed E-state index contributed by atoms with van der Waals surface area (Å²) in [4.78, 5) is 32.6. The number of aromatic nitrogens is 4. The van der Waals surface area contributed by atoms with Crippen LogP contribution >= 0.6 is 23.2 Å². The Bertz CT molecular complexity index is 2310. The summed E-state index contributed by atoms with van der Waals surface area (Å²) in [6.07, 6.45) is 1.77. The Morgan fingerprint density at radius 2 is 1.60 bits per heavy atom. The number of benzene rings is 4. The first-order chi connectivity index (χ1) is 22.4. The largest absolute Gasteiger partial charge is 0.335 e. The zero-order valence-electron chi connectivity index (χ0n) is 25.8. The summed E-state index contributed by atoms with van der Waals surface area (Å²) in [5.41, 5.74) is 3.86. The lowest BCUT2D eigenvalue weighted by Gasteiger charge is -2.26. The summed E-state index contributed by atoms with van der Waals surface area (Å²) in [5, 5.41) is -0.395. The molecule has 10 nitrogen and oxygen atoms in total. The lowest BCUT2D eigenvalue weighted by Crippen LogP contribution is -2.30. The van der Waals surface area contributed by atoms with E-state index in [-0.39, 0.29) is 27.3 Å². The Hall–Kier alpha value is -4.84. The van der Waals surface area contributed by atoms with Gasteiger partial charge in [0.2, 0.25) is 0 Å². The number of para-hydroxylation sites is 3. The van der Waals surface area contributed by atoms with E-state index < -0.39 is 26.4 Å². The molecule has 0 aliphatic carbocycles. The predicted octanol–water partition coefficient (Wildman–Crippen LogP) is 6.76. The van der Waals surface area contributed by atoms with Gasteiger partial charge < -0.3 is 4.90 Å². The molecule has 1 unspecified atom stereocenters. The van der Waals surface area contributed by atoms with Gasteiger partial charge >= 0.3 is 0 Å². The number of nitrogens with zero attached hydrogens (tertiary/aromatic N) is 5. The van der Waals surface area contributed by atoms with E-state index in [9.17, 15) is 18.0 Å². The van der Waals surface area contributed by atoms with Gasteiger partial charge in [-0.05, 0) is 67.9 Å². The molecule has 0 radical (unpaired) electrons. The van der Waals surface area contributed by atoms with Crippen LogP contribution in [0.4, 0.5) is 5.69 Å². The number of rotatable bonds is 8. The van der Waals surface area contributed by atoms with Gasteiger partial charge in [-0.1, -0.05) is 65.7 Å². The quantitative estimate of drug-likeness (QED) is 0.190. The van der Waals surface area contributed by atoms with Crippen LogP contribution in [0.1, 0.15) is 34.6 Å². The number of amides is 1. The molecule has 0 aliphatic heterocycles. The zero-order chi connectivity index (χ0) is 33.6. The summed E-state index contributed by atoms with van der Waals surface area (Å²) in [6, 6.07) is 26.5. The number of anilines is 1. The molecule has 4 aromatic carbocycles. The molecule has 47 heavy (non-hydrogen) atoms. The third-order valence-corrected chi connectivity index (χ3v) is 10.6. The number of hydrogen-bond acceptors (Lipinski definition) is 5. The molecular weight excluding hydrogens is 659 g/mol. The number of hydrogen-bond donors (Lipinski definition) is 1. The van der Waals surface area contributed by atoms with Crippen LogP contribution in [-0.2, 0) is 17.1 Å². The van der Waals surface area contributed by atoms with Crippen molar-refractivity contribution in [2.45, 2.75) is 24.8 Å². The van der Waals surface area contributed by atoms with Crippen molar-refractivity contribution in [2.75, 3.05) is 11.8 Å². The Morgan fingerprint density at radius 3 is 2.30 bits per heavy atom. The summed E-state index contributed by atoms with van der Waals surface area (Å²) >= 11 is 12.8. The van der Waals surface area contributed by atoms with Gasteiger partial charge in [0.25, 0.3) is 21.5 Å². The minimum absolute atomic E-state index is 0.0158. The van der Waals surface area contributed by atoms with Gasteiger partial charge in [0.05, 0.1) is 38.5 Å². The number of carbonyl (C=O) groups excluding carboxylic acids is 1. The molecule has 0 bridgehead atoms. The highest BCUT2D eigenvalue weighted by molar-refractivity contribution is 7.92. The van der Waals surface area contributed by atoms with Crippen molar-refractivity contribution >= 4 is 55.9 Å². The van der Waals surface area contributed by atoms with Gasteiger partial charge in [-0.25, -0.2) is 18.1 Å². The molecule has 240 valence electrons. The van der Waals surface area contributed by atoms with E-state index in [1.807, 2.05) is 66.1 Å². The molecule has 6 aromatic rings. The van der Waals surface area contributed by atoms with Crippen LogP contribution in [0.3, 0.4) is 0 Å². The van der Waals surface area contributed by atoms with E-state index in [2.05, 4.69) is 9.71 Å². The molecule has 0 saturated heterocycles. The van der Waals surface area contributed by atoms with Gasteiger partial charge in [0, 0.05) is 25.3 Å². The van der Waals surface area contributed by atoms with E-state index in [0.717, 1.165) is 22.3 Å². The second kappa shape index (κ2) is 12.4. The highest BCUT2D eigenvalue weighted by Crippen LogP contribution is 2.33. The van der Waals surface area contributed by atoms with Crippen molar-refractivity contribution in [3.63, 3.8) is 0 Å². The second-order valence-corrected chi connectivity index (χ2v) is 13.5. The third kappa shape index (κ3) is 5.82. The van der Waals surface area contributed by atoms with Crippen LogP contribution in [0.15, 0.2) is 107 Å². The Morgan fingerprint density at radius 1 is 0.936 bits per heavy atom. The van der Waals surface area contributed by atoms with Crippen molar-refractivity contribution in [2.24, 2.45) is 7.05 Å². The maximum Gasteiger partial charge on any atom is 0.296 e. The van der Waals surface area contributed by atoms with Gasteiger partial charge in [-0.15, -0.1) is 0 Å². The minimum Gasteiger partial charge on any atom is -0.335 e. The molecule has 2 aromatic heterocycles. The van der Waals surface area contributed by atoms with Gasteiger partial charge in [0.1, 0.15) is 16.9 Å².